The van der Waals surface area contributed by atoms with E-state index in [9.17, 15) is 18.0 Å². The summed E-state index contributed by atoms with van der Waals surface area (Å²) in [5.41, 5.74) is 0.408. The van der Waals surface area contributed by atoms with Gasteiger partial charge in [-0.25, -0.2) is 9.02 Å². The van der Waals surface area contributed by atoms with E-state index in [4.69, 9.17) is 8.92 Å². The van der Waals surface area contributed by atoms with Gasteiger partial charge < -0.3 is 20.6 Å². The Kier molecular flexibility index (Phi) is 8.71. The summed E-state index contributed by atoms with van der Waals surface area (Å²) in [4.78, 5) is 0. The van der Waals surface area contributed by atoms with Crippen LogP contribution in [0.3, 0.4) is 0 Å². The van der Waals surface area contributed by atoms with Crippen molar-refractivity contribution in [3.8, 4) is 0 Å². The molecule has 15 heteroatoms. The molecule has 29 heavy (non-hydrogen) atoms. The van der Waals surface area contributed by atoms with Crippen molar-refractivity contribution in [1.29, 1.82) is 0 Å². The van der Waals surface area contributed by atoms with Crippen LogP contribution in [0.1, 0.15) is 5.69 Å². The zero-order chi connectivity index (χ0) is 21.3. The summed E-state index contributed by atoms with van der Waals surface area (Å²) in [6.07, 6.45) is 0. The molecule has 1 aromatic carbocycles. The highest BCUT2D eigenvalue weighted by Crippen LogP contribution is 2.21. The molecule has 0 amide bonds. The van der Waals surface area contributed by atoms with Gasteiger partial charge in [-0.1, -0.05) is 5.16 Å². The van der Waals surface area contributed by atoms with Gasteiger partial charge in [-0.2, -0.15) is 13.1 Å². The number of nitrogens with one attached hydrogen (secondary N) is 3. The summed E-state index contributed by atoms with van der Waals surface area (Å²) < 4.78 is 53.0. The fourth-order valence-corrected chi connectivity index (χ4v) is 3.03. The molecule has 0 unspecified atom stereocenters. The molecule has 0 radical (unpaired) electrons. The first-order valence-electron chi connectivity index (χ1n) is 8.00. The number of anilines is 2. The molecule has 1 aromatic heterocycles. The minimum Gasteiger partial charge on any atom is -0.409 e. The van der Waals surface area contributed by atoms with Crippen LogP contribution in [-0.2, 0) is 19.2 Å². The molecule has 0 atom stereocenters. The number of halogens is 2. The molecule has 1 heterocycles. The summed E-state index contributed by atoms with van der Waals surface area (Å²) in [6.45, 7) is 0.0760. The summed E-state index contributed by atoms with van der Waals surface area (Å²) in [7, 11) is -2.47. The van der Waals surface area contributed by atoms with Crippen LogP contribution >= 0.6 is 15.9 Å². The Balaban J connectivity index is 1.93. The van der Waals surface area contributed by atoms with Crippen LogP contribution in [0.4, 0.5) is 15.9 Å². The van der Waals surface area contributed by atoms with Crippen LogP contribution in [-0.4, -0.2) is 63.2 Å². The van der Waals surface area contributed by atoms with Gasteiger partial charge in [0.25, 0.3) is 0 Å². The maximum atomic E-state index is 13.3. The highest BCUT2D eigenvalue weighted by Gasteiger charge is 2.18. The van der Waals surface area contributed by atoms with Crippen molar-refractivity contribution in [1.82, 2.24) is 15.0 Å². The maximum absolute atomic E-state index is 13.3. The molecular formula is C14H18BrFN6O6S. The third kappa shape index (κ3) is 7.21. The molecule has 0 aliphatic heterocycles. The summed E-state index contributed by atoms with van der Waals surface area (Å²) >= 11 is 3.05. The topological polar surface area (TPSA) is 160 Å². The van der Waals surface area contributed by atoms with Crippen LogP contribution in [0, 0.1) is 5.82 Å². The molecule has 160 valence electrons. The Morgan fingerprint density at radius 2 is 2.14 bits per heavy atom. The molecule has 0 saturated heterocycles. The van der Waals surface area contributed by atoms with E-state index >= 15 is 0 Å². The Morgan fingerprint density at radius 1 is 1.34 bits per heavy atom. The number of nitrogens with zero attached hydrogens (tertiary/aromatic N) is 3. The number of aromatic nitrogens is 2. The largest absolute Gasteiger partial charge is 0.409 e. The second-order valence-corrected chi connectivity index (χ2v) is 7.54. The first-order chi connectivity index (χ1) is 13.9. The van der Waals surface area contributed by atoms with Crippen molar-refractivity contribution in [2.45, 2.75) is 0 Å². The minimum absolute atomic E-state index is 0.00836. The number of amidine groups is 1. The first-order valence-corrected chi connectivity index (χ1v) is 10.2. The van der Waals surface area contributed by atoms with Gasteiger partial charge in [0, 0.05) is 25.9 Å². The van der Waals surface area contributed by atoms with Crippen LogP contribution in [0.2, 0.25) is 0 Å². The summed E-state index contributed by atoms with van der Waals surface area (Å²) in [5, 5.41) is 25.1. The molecule has 0 spiro atoms. The molecule has 4 N–H and O–H groups in total. The number of benzene rings is 1. The van der Waals surface area contributed by atoms with Gasteiger partial charge >= 0.3 is 10.3 Å². The highest BCUT2D eigenvalue weighted by molar-refractivity contribution is 9.10. The number of ether oxygens (including phenoxy) is 1. The lowest BCUT2D eigenvalue weighted by Gasteiger charge is -2.09. The molecular weight excluding hydrogens is 479 g/mol. The normalized spacial score (nSPS) is 12.2. The Labute approximate surface area is 173 Å². The minimum atomic E-state index is -3.91. The zero-order valence-electron chi connectivity index (χ0n) is 15.1. The first kappa shape index (κ1) is 23.0. The SMILES string of the molecule is COCCNS(=O)(=O)OCCNc1nonc1C(=NO)Nc1ccc(F)c(Br)c1. The number of hydrogen-bond donors (Lipinski definition) is 4. The van der Waals surface area contributed by atoms with Gasteiger partial charge in [0.2, 0.25) is 11.7 Å². The van der Waals surface area contributed by atoms with Gasteiger partial charge in [-0.05, 0) is 44.4 Å². The van der Waals surface area contributed by atoms with Gasteiger partial charge in [0.15, 0.2) is 5.69 Å². The Morgan fingerprint density at radius 3 is 2.83 bits per heavy atom. The van der Waals surface area contributed by atoms with E-state index in [1.165, 1.54) is 25.3 Å². The van der Waals surface area contributed by atoms with E-state index in [0.29, 0.717) is 5.69 Å². The third-order valence-corrected chi connectivity index (χ3v) is 4.86. The van der Waals surface area contributed by atoms with Crippen molar-refractivity contribution in [2.24, 2.45) is 5.16 Å². The standard InChI is InChI=1S/C14H18BrFN6O6S/c1-26-6-5-18-29(24,25)27-7-4-17-13-12(21-28-22-13)14(20-23)19-9-2-3-11(16)10(15)8-9/h2-3,8,18,23H,4-7H2,1H3,(H,17,22)(H,19,20). The van der Waals surface area contributed by atoms with Crippen molar-refractivity contribution in [3.63, 3.8) is 0 Å². The number of hydrogen-bond acceptors (Lipinski definition) is 10. The van der Waals surface area contributed by atoms with Crippen molar-refractivity contribution < 1.29 is 31.6 Å². The second-order valence-electron chi connectivity index (χ2n) is 5.25. The number of rotatable bonds is 11. The van der Waals surface area contributed by atoms with Crippen molar-refractivity contribution in [2.75, 3.05) is 44.0 Å². The number of oxime groups is 1. The second kappa shape index (κ2) is 11.0. The molecule has 2 aromatic rings. The predicted octanol–water partition coefficient (Wildman–Crippen LogP) is 1.13. The van der Waals surface area contributed by atoms with E-state index in [1.54, 1.807) is 0 Å². The maximum Gasteiger partial charge on any atom is 0.335 e. The monoisotopic (exact) mass is 496 g/mol. The summed E-state index contributed by atoms with van der Waals surface area (Å²) in [5.74, 6) is -0.531. The molecule has 0 aliphatic rings. The van der Waals surface area contributed by atoms with Crippen LogP contribution in [0.15, 0.2) is 32.5 Å². The van der Waals surface area contributed by atoms with Crippen molar-refractivity contribution >= 4 is 43.6 Å². The third-order valence-electron chi connectivity index (χ3n) is 3.21. The van der Waals surface area contributed by atoms with E-state index < -0.39 is 16.1 Å². The van der Waals surface area contributed by atoms with Gasteiger partial charge in [0.05, 0.1) is 17.7 Å². The van der Waals surface area contributed by atoms with Crippen molar-refractivity contribution in [3.05, 3.63) is 34.2 Å². The van der Waals surface area contributed by atoms with E-state index in [2.05, 4.69) is 51.4 Å². The zero-order valence-corrected chi connectivity index (χ0v) is 17.5. The average molecular weight is 497 g/mol. The van der Waals surface area contributed by atoms with Gasteiger partial charge in [-0.3, -0.25) is 4.18 Å². The van der Waals surface area contributed by atoms with Crippen LogP contribution in [0.5, 0.6) is 0 Å². The molecule has 12 nitrogen and oxygen atoms in total. The van der Waals surface area contributed by atoms with Gasteiger partial charge in [-0.15, -0.1) is 0 Å². The Bertz CT molecular complexity index is 940. The van der Waals surface area contributed by atoms with E-state index in [0.717, 1.165) is 0 Å². The van der Waals surface area contributed by atoms with Crippen LogP contribution in [0.25, 0.3) is 0 Å². The molecule has 0 saturated carbocycles. The lowest BCUT2D eigenvalue weighted by atomic mass is 10.3. The summed E-state index contributed by atoms with van der Waals surface area (Å²) in [6, 6.07) is 4.05. The fourth-order valence-electron chi connectivity index (χ4n) is 1.93. The molecule has 0 aliphatic carbocycles. The fraction of sp³-hybridized carbons (Fsp3) is 0.357. The molecule has 0 bridgehead atoms. The van der Waals surface area contributed by atoms with E-state index in [1.807, 2.05) is 0 Å². The average Bonchev–Trinajstić information content (AvgIpc) is 3.14. The predicted molar refractivity (Wildman–Crippen MR) is 104 cm³/mol. The highest BCUT2D eigenvalue weighted by atomic mass is 79.9. The lowest BCUT2D eigenvalue weighted by molar-refractivity contribution is 0.202. The molecule has 0 fully saturated rings. The number of methoxy groups -OCH3 is 1. The quantitative estimate of drug-likeness (QED) is 0.117. The van der Waals surface area contributed by atoms with E-state index in [-0.39, 0.29) is 48.1 Å². The smallest absolute Gasteiger partial charge is 0.335 e. The van der Waals surface area contributed by atoms with Crippen LogP contribution < -0.4 is 15.4 Å². The Hall–Kier alpha value is -2.33. The lowest BCUT2D eigenvalue weighted by Crippen LogP contribution is -2.30. The van der Waals surface area contributed by atoms with Gasteiger partial charge in [0.1, 0.15) is 5.82 Å². The molecule has 2 rings (SSSR count).